The van der Waals surface area contributed by atoms with Crippen LogP contribution in [0, 0.1) is 13.7 Å². The number of aliphatic hydroxyl groups excluding tert-OH is 1. The van der Waals surface area contributed by atoms with Gasteiger partial charge in [-0.2, -0.15) is 0 Å². The number of thiocarbonyl (C=S) groups is 1. The molecule has 2 aromatic carbocycles. The molecule has 144 valence electrons. The number of hydrogen-bond donors (Lipinski definition) is 5. The summed E-state index contributed by atoms with van der Waals surface area (Å²) in [5, 5.41) is 39.8. The minimum absolute atomic E-state index is 0.0383. The highest BCUT2D eigenvalue weighted by Crippen LogP contribution is 2.22. The van der Waals surface area contributed by atoms with Crippen molar-refractivity contribution in [3.8, 4) is 5.75 Å². The summed E-state index contributed by atoms with van der Waals surface area (Å²) in [5.41, 5.74) is 1.14. The van der Waals surface area contributed by atoms with Crippen molar-refractivity contribution in [3.63, 3.8) is 0 Å². The van der Waals surface area contributed by atoms with Crippen molar-refractivity contribution >= 4 is 51.3 Å². The van der Waals surface area contributed by atoms with Gasteiger partial charge in [-0.15, -0.1) is 0 Å². The molecule has 1 atom stereocenters. The molecule has 5 N–H and O–H groups in total. The topological polar surface area (TPSA) is 120 Å². The lowest BCUT2D eigenvalue weighted by Gasteiger charge is -2.15. The average Bonchev–Trinajstić information content (AvgIpc) is 2.63. The second kappa shape index (κ2) is 10.3. The summed E-state index contributed by atoms with van der Waals surface area (Å²) in [6.45, 7) is 0.640. The molecule has 0 spiro atoms. The number of phenolic OH excluding ortho intramolecular Hbond substituents is 1. The highest BCUT2D eigenvalue weighted by atomic mass is 127. The van der Waals surface area contributed by atoms with Crippen LogP contribution in [0.1, 0.15) is 5.56 Å². The van der Waals surface area contributed by atoms with E-state index in [1.807, 2.05) is 24.3 Å². The lowest BCUT2D eigenvalue weighted by molar-refractivity contribution is -0.384. The summed E-state index contributed by atoms with van der Waals surface area (Å²) >= 11 is 7.39. The Morgan fingerprint density at radius 2 is 1.93 bits per heavy atom. The van der Waals surface area contributed by atoms with Crippen LogP contribution >= 0.6 is 34.8 Å². The molecule has 27 heavy (non-hydrogen) atoms. The van der Waals surface area contributed by atoms with Crippen LogP contribution in [0.2, 0.25) is 0 Å². The Morgan fingerprint density at radius 1 is 1.22 bits per heavy atom. The smallest absolute Gasteiger partial charge is 0.270 e. The Bertz CT molecular complexity index is 804. The number of nitrogens with one attached hydrogen (secondary N) is 3. The second-order valence-electron chi connectivity index (χ2n) is 5.70. The molecule has 0 aliphatic heterocycles. The minimum Gasteiger partial charge on any atom is -0.508 e. The van der Waals surface area contributed by atoms with Gasteiger partial charge in [0.2, 0.25) is 0 Å². The van der Waals surface area contributed by atoms with Crippen molar-refractivity contribution in [1.82, 2.24) is 10.6 Å². The Labute approximate surface area is 175 Å². The van der Waals surface area contributed by atoms with Crippen LogP contribution in [0.4, 0.5) is 11.4 Å². The van der Waals surface area contributed by atoms with Gasteiger partial charge in [-0.25, -0.2) is 0 Å². The molecule has 0 bridgehead atoms. The van der Waals surface area contributed by atoms with E-state index in [1.54, 1.807) is 0 Å². The number of aliphatic hydroxyl groups is 1. The van der Waals surface area contributed by atoms with Crippen molar-refractivity contribution in [2.24, 2.45) is 0 Å². The third kappa shape index (κ3) is 7.25. The Kier molecular flexibility index (Phi) is 8.16. The molecule has 1 unspecified atom stereocenters. The number of aromatic hydroxyl groups is 1. The SMILES string of the molecule is O=[N+]([O-])c1ccc(O)c(CNCC(O)CNC(=S)Nc2ccc(I)cc2)c1. The fourth-order valence-corrected chi connectivity index (χ4v) is 2.75. The molecule has 0 heterocycles. The fourth-order valence-electron chi connectivity index (χ4n) is 2.19. The Balaban J connectivity index is 1.72. The van der Waals surface area contributed by atoms with Crippen LogP contribution in [-0.4, -0.2) is 39.4 Å². The first-order valence-corrected chi connectivity index (χ1v) is 9.49. The van der Waals surface area contributed by atoms with Gasteiger partial charge in [0.15, 0.2) is 5.11 Å². The quantitative estimate of drug-likeness (QED) is 0.162. The molecular weight excluding hydrogens is 483 g/mol. The minimum atomic E-state index is -0.734. The predicted octanol–water partition coefficient (Wildman–Crippen LogP) is 2.34. The number of nitro benzene ring substituents is 1. The second-order valence-corrected chi connectivity index (χ2v) is 7.35. The van der Waals surface area contributed by atoms with Crippen molar-refractivity contribution in [2.75, 3.05) is 18.4 Å². The molecule has 0 aliphatic rings. The maximum absolute atomic E-state index is 10.8. The van der Waals surface area contributed by atoms with E-state index in [1.165, 1.54) is 18.2 Å². The molecule has 0 saturated carbocycles. The van der Waals surface area contributed by atoms with Gasteiger partial charge in [0.1, 0.15) is 5.75 Å². The van der Waals surface area contributed by atoms with E-state index >= 15 is 0 Å². The molecule has 0 radical (unpaired) electrons. The summed E-state index contributed by atoms with van der Waals surface area (Å²) in [7, 11) is 0. The third-order valence-corrected chi connectivity index (χ3v) is 4.54. The Morgan fingerprint density at radius 3 is 2.59 bits per heavy atom. The van der Waals surface area contributed by atoms with Gasteiger partial charge < -0.3 is 26.2 Å². The van der Waals surface area contributed by atoms with Crippen LogP contribution in [0.3, 0.4) is 0 Å². The molecule has 2 aromatic rings. The molecule has 0 amide bonds. The van der Waals surface area contributed by atoms with E-state index in [0.717, 1.165) is 9.26 Å². The summed E-state index contributed by atoms with van der Waals surface area (Å²) in [4.78, 5) is 10.3. The highest BCUT2D eigenvalue weighted by Gasteiger charge is 2.11. The maximum atomic E-state index is 10.8. The number of anilines is 1. The number of nitro groups is 1. The zero-order valence-electron chi connectivity index (χ0n) is 14.2. The van der Waals surface area contributed by atoms with Crippen LogP contribution in [-0.2, 0) is 6.54 Å². The Hall–Kier alpha value is -2.02. The number of hydrogen-bond acceptors (Lipinski definition) is 6. The molecular formula is C17H19IN4O4S. The molecule has 8 nitrogen and oxygen atoms in total. The standard InChI is InChI=1S/C17H19IN4O4S/c18-12-1-3-13(4-2-12)21-17(27)20-10-15(23)9-19-8-11-7-14(22(25)26)5-6-16(11)24/h1-7,15,19,23-24H,8-10H2,(H2,20,21,27). The predicted molar refractivity (Wildman–Crippen MR) is 116 cm³/mol. The van der Waals surface area contributed by atoms with E-state index in [4.69, 9.17) is 12.2 Å². The molecule has 0 aromatic heterocycles. The molecule has 0 aliphatic carbocycles. The number of phenols is 1. The highest BCUT2D eigenvalue weighted by molar-refractivity contribution is 14.1. The van der Waals surface area contributed by atoms with E-state index in [0.29, 0.717) is 10.7 Å². The fraction of sp³-hybridized carbons (Fsp3) is 0.235. The van der Waals surface area contributed by atoms with Crippen molar-refractivity contribution < 1.29 is 15.1 Å². The van der Waals surface area contributed by atoms with Gasteiger partial charge in [0.25, 0.3) is 5.69 Å². The van der Waals surface area contributed by atoms with E-state index in [-0.39, 0.29) is 31.1 Å². The van der Waals surface area contributed by atoms with E-state index in [9.17, 15) is 20.3 Å². The number of nitrogens with zero attached hydrogens (tertiary/aromatic N) is 1. The van der Waals surface area contributed by atoms with Gasteiger partial charge in [-0.05, 0) is 65.1 Å². The average molecular weight is 502 g/mol. The molecule has 0 fully saturated rings. The first kappa shape index (κ1) is 21.3. The van der Waals surface area contributed by atoms with E-state index in [2.05, 4.69) is 38.5 Å². The van der Waals surface area contributed by atoms with Gasteiger partial charge in [-0.3, -0.25) is 10.1 Å². The van der Waals surface area contributed by atoms with Crippen LogP contribution < -0.4 is 16.0 Å². The van der Waals surface area contributed by atoms with Crippen molar-refractivity contribution in [1.29, 1.82) is 0 Å². The van der Waals surface area contributed by atoms with Crippen molar-refractivity contribution in [2.45, 2.75) is 12.6 Å². The van der Waals surface area contributed by atoms with Crippen LogP contribution in [0.15, 0.2) is 42.5 Å². The molecule has 10 heteroatoms. The van der Waals surface area contributed by atoms with Gasteiger partial charge in [-0.1, -0.05) is 0 Å². The van der Waals surface area contributed by atoms with Gasteiger partial charge in [0.05, 0.1) is 11.0 Å². The summed E-state index contributed by atoms with van der Waals surface area (Å²) < 4.78 is 1.12. The van der Waals surface area contributed by atoms with E-state index < -0.39 is 11.0 Å². The van der Waals surface area contributed by atoms with Gasteiger partial charge in [0, 0.05) is 46.6 Å². The largest absolute Gasteiger partial charge is 0.508 e. The van der Waals surface area contributed by atoms with Crippen LogP contribution in [0.25, 0.3) is 0 Å². The summed E-state index contributed by atoms with van der Waals surface area (Å²) in [5.74, 6) is -0.0383. The first-order chi connectivity index (χ1) is 12.8. The maximum Gasteiger partial charge on any atom is 0.270 e. The number of rotatable bonds is 8. The summed E-state index contributed by atoms with van der Waals surface area (Å²) in [6.07, 6.45) is -0.734. The number of halogens is 1. The number of non-ortho nitro benzene ring substituents is 1. The zero-order chi connectivity index (χ0) is 19.8. The summed E-state index contributed by atoms with van der Waals surface area (Å²) in [6, 6.07) is 11.5. The van der Waals surface area contributed by atoms with Gasteiger partial charge >= 0.3 is 0 Å². The third-order valence-electron chi connectivity index (χ3n) is 3.57. The van der Waals surface area contributed by atoms with Crippen molar-refractivity contribution in [3.05, 3.63) is 61.7 Å². The van der Waals surface area contributed by atoms with Crippen LogP contribution in [0.5, 0.6) is 5.75 Å². The zero-order valence-corrected chi connectivity index (χ0v) is 17.2. The normalized spacial score (nSPS) is 11.6. The molecule has 0 saturated heterocycles. The first-order valence-electron chi connectivity index (χ1n) is 8.00. The number of benzene rings is 2. The monoisotopic (exact) mass is 502 g/mol. The molecule has 2 rings (SSSR count). The lowest BCUT2D eigenvalue weighted by atomic mass is 10.1. The lowest BCUT2D eigenvalue weighted by Crippen LogP contribution is -2.39.